The lowest BCUT2D eigenvalue weighted by atomic mass is 10.1. The molecule has 1 rings (SSSR count). The molecule has 1 fully saturated rings. The molecule has 0 aliphatic carbocycles. The minimum absolute atomic E-state index is 0.281. The second-order valence-corrected chi connectivity index (χ2v) is 4.01. The highest BCUT2D eigenvalue weighted by Gasteiger charge is 2.21. The molecular weight excluding hydrogens is 164 g/mol. The van der Waals surface area contributed by atoms with E-state index in [1.54, 1.807) is 0 Å². The Kier molecular flexibility index (Phi) is 3.75. The second-order valence-electron chi connectivity index (χ2n) is 4.01. The van der Waals surface area contributed by atoms with Gasteiger partial charge in [-0.15, -0.1) is 0 Å². The average molecular weight is 184 g/mol. The fourth-order valence-corrected chi connectivity index (χ4v) is 1.74. The van der Waals surface area contributed by atoms with Gasteiger partial charge in [0.2, 0.25) is 0 Å². The lowest BCUT2D eigenvalue weighted by Gasteiger charge is -2.36. The predicted molar refractivity (Wildman–Crippen MR) is 54.9 cm³/mol. The van der Waals surface area contributed by atoms with Gasteiger partial charge in [-0.3, -0.25) is 4.90 Å². The molecule has 76 valence electrons. The van der Waals surface area contributed by atoms with Gasteiger partial charge in [0.25, 0.3) is 0 Å². The lowest BCUT2D eigenvalue weighted by molar-refractivity contribution is 0.156. The highest BCUT2D eigenvalue weighted by atomic mass is 16.3. The third-order valence-corrected chi connectivity index (χ3v) is 2.50. The van der Waals surface area contributed by atoms with Crippen molar-refractivity contribution in [3.8, 4) is 0 Å². The van der Waals surface area contributed by atoms with Crippen molar-refractivity contribution in [1.82, 2.24) is 10.2 Å². The first-order chi connectivity index (χ1) is 6.09. The molecule has 1 heterocycles. The van der Waals surface area contributed by atoms with Gasteiger partial charge >= 0.3 is 0 Å². The summed E-state index contributed by atoms with van der Waals surface area (Å²) in [6, 6.07) is 0.963. The van der Waals surface area contributed by atoms with Crippen LogP contribution in [0.25, 0.3) is 0 Å². The van der Waals surface area contributed by atoms with Crippen LogP contribution in [-0.4, -0.2) is 41.7 Å². The van der Waals surface area contributed by atoms with Gasteiger partial charge in [0.05, 0.1) is 5.76 Å². The summed E-state index contributed by atoms with van der Waals surface area (Å²) in [6.45, 7) is 11.0. The number of hydrogen-bond acceptors (Lipinski definition) is 3. The van der Waals surface area contributed by atoms with E-state index in [0.717, 1.165) is 19.6 Å². The molecule has 3 heteroatoms. The fourth-order valence-electron chi connectivity index (χ4n) is 1.74. The van der Waals surface area contributed by atoms with Crippen LogP contribution in [0.1, 0.15) is 20.3 Å². The van der Waals surface area contributed by atoms with E-state index in [1.807, 2.05) is 0 Å². The zero-order valence-corrected chi connectivity index (χ0v) is 8.58. The summed E-state index contributed by atoms with van der Waals surface area (Å²) in [7, 11) is 0. The number of piperazine rings is 1. The normalized spacial score (nSPS) is 25.0. The average Bonchev–Trinajstić information content (AvgIpc) is 2.03. The van der Waals surface area contributed by atoms with Gasteiger partial charge < -0.3 is 10.4 Å². The first kappa shape index (κ1) is 10.5. The van der Waals surface area contributed by atoms with Gasteiger partial charge in [-0.25, -0.2) is 0 Å². The third-order valence-electron chi connectivity index (χ3n) is 2.50. The molecule has 0 radical (unpaired) electrons. The summed E-state index contributed by atoms with van der Waals surface area (Å²) in [5, 5.41) is 12.4. The molecule has 1 aliphatic heterocycles. The van der Waals surface area contributed by atoms with Gasteiger partial charge in [0.1, 0.15) is 0 Å². The molecule has 2 N–H and O–H groups in total. The molecule has 0 aromatic rings. The third kappa shape index (κ3) is 3.36. The molecule has 1 aliphatic rings. The molecule has 0 spiro atoms. The van der Waals surface area contributed by atoms with E-state index in [9.17, 15) is 0 Å². The smallest absolute Gasteiger partial charge is 0.0867 e. The molecule has 1 atom stereocenters. The van der Waals surface area contributed by atoms with Crippen molar-refractivity contribution in [1.29, 1.82) is 0 Å². The number of hydrogen-bond donors (Lipinski definition) is 2. The zero-order valence-electron chi connectivity index (χ0n) is 8.58. The Hall–Kier alpha value is -0.540. The van der Waals surface area contributed by atoms with Crippen molar-refractivity contribution in [2.75, 3.05) is 19.6 Å². The standard InChI is InChI=1S/C10H20N2O/c1-8(2)12-5-4-11-10(7-12)6-9(3)13/h8,10-11,13H,3-7H2,1-2H3. The molecule has 1 unspecified atom stereocenters. The van der Waals surface area contributed by atoms with Crippen LogP contribution in [-0.2, 0) is 0 Å². The minimum Gasteiger partial charge on any atom is -0.513 e. The Morgan fingerprint density at radius 2 is 2.38 bits per heavy atom. The van der Waals surface area contributed by atoms with Gasteiger partial charge in [-0.2, -0.15) is 0 Å². The molecule has 0 amide bonds. The summed E-state index contributed by atoms with van der Waals surface area (Å²) in [6.07, 6.45) is 0.670. The van der Waals surface area contributed by atoms with Gasteiger partial charge in [-0.05, 0) is 13.8 Å². The maximum Gasteiger partial charge on any atom is 0.0867 e. The number of aliphatic hydroxyl groups excluding tert-OH is 1. The van der Waals surface area contributed by atoms with Crippen molar-refractivity contribution in [3.63, 3.8) is 0 Å². The Balaban J connectivity index is 2.37. The first-order valence-electron chi connectivity index (χ1n) is 4.93. The van der Waals surface area contributed by atoms with Crippen molar-refractivity contribution in [2.45, 2.75) is 32.4 Å². The van der Waals surface area contributed by atoms with Gasteiger partial charge in [0.15, 0.2) is 0 Å². The molecule has 0 aromatic heterocycles. The van der Waals surface area contributed by atoms with Crippen LogP contribution in [0.5, 0.6) is 0 Å². The second kappa shape index (κ2) is 4.63. The van der Waals surface area contributed by atoms with Crippen LogP contribution in [0.2, 0.25) is 0 Å². The topological polar surface area (TPSA) is 35.5 Å². The SMILES string of the molecule is C=C(O)CC1CN(C(C)C)CCN1. The minimum atomic E-state index is 0.281. The summed E-state index contributed by atoms with van der Waals surface area (Å²) in [4.78, 5) is 2.42. The summed E-state index contributed by atoms with van der Waals surface area (Å²) in [5.74, 6) is 0.281. The van der Waals surface area contributed by atoms with E-state index in [4.69, 9.17) is 5.11 Å². The monoisotopic (exact) mass is 184 g/mol. The maximum absolute atomic E-state index is 9.08. The Labute approximate surface area is 80.4 Å². The highest BCUT2D eigenvalue weighted by Crippen LogP contribution is 2.08. The predicted octanol–water partition coefficient (Wildman–Crippen LogP) is 1.13. The summed E-state index contributed by atoms with van der Waals surface area (Å²) < 4.78 is 0. The van der Waals surface area contributed by atoms with Crippen LogP contribution in [0, 0.1) is 0 Å². The Morgan fingerprint density at radius 1 is 1.69 bits per heavy atom. The van der Waals surface area contributed by atoms with Crippen LogP contribution in [0.4, 0.5) is 0 Å². The van der Waals surface area contributed by atoms with Crippen molar-refractivity contribution < 1.29 is 5.11 Å². The van der Waals surface area contributed by atoms with E-state index >= 15 is 0 Å². The molecule has 0 aromatic carbocycles. The van der Waals surface area contributed by atoms with E-state index in [1.165, 1.54) is 0 Å². The maximum atomic E-state index is 9.08. The van der Waals surface area contributed by atoms with Crippen LogP contribution >= 0.6 is 0 Å². The quantitative estimate of drug-likeness (QED) is 0.645. The number of nitrogens with one attached hydrogen (secondary N) is 1. The van der Waals surface area contributed by atoms with E-state index in [2.05, 4.69) is 30.6 Å². The Bertz CT molecular complexity index is 180. The van der Waals surface area contributed by atoms with Crippen molar-refractivity contribution in [2.24, 2.45) is 0 Å². The van der Waals surface area contributed by atoms with Crippen LogP contribution in [0.15, 0.2) is 12.3 Å². The Morgan fingerprint density at radius 3 is 2.92 bits per heavy atom. The summed E-state index contributed by atoms with van der Waals surface area (Å²) in [5.41, 5.74) is 0. The van der Waals surface area contributed by atoms with Gasteiger partial charge in [0, 0.05) is 38.1 Å². The highest BCUT2D eigenvalue weighted by molar-refractivity contribution is 4.90. The first-order valence-corrected chi connectivity index (χ1v) is 4.93. The van der Waals surface area contributed by atoms with E-state index in [-0.39, 0.29) is 5.76 Å². The number of aliphatic hydroxyl groups is 1. The molecule has 3 nitrogen and oxygen atoms in total. The fraction of sp³-hybridized carbons (Fsp3) is 0.800. The molecular formula is C10H20N2O. The zero-order chi connectivity index (χ0) is 9.84. The molecule has 0 bridgehead atoms. The number of nitrogens with zero attached hydrogens (tertiary/aromatic N) is 1. The van der Waals surface area contributed by atoms with Gasteiger partial charge in [-0.1, -0.05) is 6.58 Å². The molecule has 13 heavy (non-hydrogen) atoms. The molecule has 1 saturated heterocycles. The van der Waals surface area contributed by atoms with Crippen molar-refractivity contribution in [3.05, 3.63) is 12.3 Å². The van der Waals surface area contributed by atoms with Crippen LogP contribution < -0.4 is 5.32 Å². The largest absolute Gasteiger partial charge is 0.513 e. The lowest BCUT2D eigenvalue weighted by Crippen LogP contribution is -2.52. The number of rotatable bonds is 3. The molecule has 0 saturated carbocycles. The summed E-state index contributed by atoms with van der Waals surface area (Å²) >= 11 is 0. The van der Waals surface area contributed by atoms with E-state index in [0.29, 0.717) is 18.5 Å². The van der Waals surface area contributed by atoms with E-state index < -0.39 is 0 Å². The van der Waals surface area contributed by atoms with Crippen molar-refractivity contribution >= 4 is 0 Å². The van der Waals surface area contributed by atoms with Crippen LogP contribution in [0.3, 0.4) is 0 Å².